The molecule has 0 atom stereocenters. The van der Waals surface area contributed by atoms with Crippen LogP contribution in [0.5, 0.6) is 11.5 Å². The van der Waals surface area contributed by atoms with Crippen LogP contribution >= 0.6 is 22.7 Å². The molecule has 2 aromatic heterocycles. The highest BCUT2D eigenvalue weighted by Gasteiger charge is 2.23. The summed E-state index contributed by atoms with van der Waals surface area (Å²) in [5.74, 6) is 1.41. The fourth-order valence-electron chi connectivity index (χ4n) is 2.54. The van der Waals surface area contributed by atoms with Crippen LogP contribution in [0.1, 0.15) is 9.67 Å². The summed E-state index contributed by atoms with van der Waals surface area (Å²) in [4.78, 5) is 22.1. The van der Waals surface area contributed by atoms with E-state index in [0.29, 0.717) is 22.3 Å². The average Bonchev–Trinajstić information content (AvgIpc) is 3.31. The van der Waals surface area contributed by atoms with E-state index < -0.39 is 0 Å². The first-order chi connectivity index (χ1) is 12.1. The molecule has 0 saturated heterocycles. The Labute approximate surface area is 153 Å². The van der Waals surface area contributed by atoms with Crippen molar-refractivity contribution in [1.29, 1.82) is 0 Å². The van der Waals surface area contributed by atoms with E-state index in [9.17, 15) is 4.79 Å². The van der Waals surface area contributed by atoms with Gasteiger partial charge in [-0.15, -0.1) is 11.3 Å². The topological polar surface area (TPSA) is 54.9 Å². The molecule has 0 bridgehead atoms. The number of benzene rings is 1. The highest BCUT2D eigenvalue weighted by molar-refractivity contribution is 7.22. The normalized spacial score (nSPS) is 12.9. The molecule has 1 aromatic carbocycles. The van der Waals surface area contributed by atoms with Gasteiger partial charge in [0.15, 0.2) is 16.6 Å². The number of hydrogen-bond acceptors (Lipinski definition) is 7. The van der Waals surface area contributed by atoms with E-state index >= 15 is 0 Å². The molecule has 0 unspecified atom stereocenters. The third-order valence-corrected chi connectivity index (χ3v) is 5.75. The summed E-state index contributed by atoms with van der Waals surface area (Å²) in [7, 11) is 3.98. The van der Waals surface area contributed by atoms with Gasteiger partial charge in [-0.05, 0) is 25.5 Å². The molecule has 3 aromatic rings. The smallest absolute Gasteiger partial charge is 0.270 e. The quantitative estimate of drug-likeness (QED) is 0.685. The summed E-state index contributed by atoms with van der Waals surface area (Å²) in [6.45, 7) is 1.58. The number of thiophene rings is 1. The molecule has 0 N–H and O–H groups in total. The summed E-state index contributed by atoms with van der Waals surface area (Å²) in [5, 5.41) is 2.61. The lowest BCUT2D eigenvalue weighted by atomic mass is 10.3. The maximum absolute atomic E-state index is 12.9. The second kappa shape index (κ2) is 6.62. The second-order valence-corrected chi connectivity index (χ2v) is 7.86. The van der Waals surface area contributed by atoms with Gasteiger partial charge >= 0.3 is 0 Å². The Bertz CT molecular complexity index is 864. The molecule has 6 nitrogen and oxygen atoms in total. The first kappa shape index (κ1) is 16.3. The maximum Gasteiger partial charge on any atom is 0.270 e. The molecule has 1 amide bonds. The fourth-order valence-corrected chi connectivity index (χ4v) is 4.21. The molecule has 3 heterocycles. The lowest BCUT2D eigenvalue weighted by Gasteiger charge is -2.21. The number of hydrogen-bond donors (Lipinski definition) is 0. The van der Waals surface area contributed by atoms with Crippen molar-refractivity contribution in [3.63, 3.8) is 0 Å². The molecule has 0 spiro atoms. The van der Waals surface area contributed by atoms with E-state index in [-0.39, 0.29) is 12.7 Å². The summed E-state index contributed by atoms with van der Waals surface area (Å²) in [6.07, 6.45) is 0. The van der Waals surface area contributed by atoms with Crippen LogP contribution in [0.4, 0.5) is 5.13 Å². The monoisotopic (exact) mass is 375 g/mol. The van der Waals surface area contributed by atoms with Crippen LogP contribution in [0.25, 0.3) is 10.2 Å². The zero-order chi connectivity index (χ0) is 17.4. The molecule has 0 radical (unpaired) electrons. The first-order valence-corrected chi connectivity index (χ1v) is 9.52. The summed E-state index contributed by atoms with van der Waals surface area (Å²) >= 11 is 2.94. The number of carbonyl (C=O) groups is 1. The van der Waals surface area contributed by atoms with Crippen molar-refractivity contribution in [3.8, 4) is 11.5 Å². The van der Waals surface area contributed by atoms with Gasteiger partial charge in [0, 0.05) is 25.2 Å². The maximum atomic E-state index is 12.9. The molecule has 0 aliphatic carbocycles. The number of thiazole rings is 1. The molecule has 8 heteroatoms. The molecule has 4 rings (SSSR count). The van der Waals surface area contributed by atoms with Crippen LogP contribution in [0.15, 0.2) is 29.6 Å². The molecule has 1 aliphatic rings. The van der Waals surface area contributed by atoms with Gasteiger partial charge < -0.3 is 14.4 Å². The Morgan fingerprint density at radius 3 is 2.76 bits per heavy atom. The number of fused-ring (bicyclic) bond motifs is 2. The molecular weight excluding hydrogens is 358 g/mol. The molecule has 130 valence electrons. The van der Waals surface area contributed by atoms with Gasteiger partial charge in [0.2, 0.25) is 6.79 Å². The Hall–Kier alpha value is -2.16. The Kier molecular flexibility index (Phi) is 4.32. The summed E-state index contributed by atoms with van der Waals surface area (Å²) < 4.78 is 11.8. The second-order valence-electron chi connectivity index (χ2n) is 5.91. The highest BCUT2D eigenvalue weighted by Crippen LogP contribution is 2.40. The van der Waals surface area contributed by atoms with E-state index in [0.717, 1.165) is 22.5 Å². The van der Waals surface area contributed by atoms with Crippen molar-refractivity contribution in [2.45, 2.75) is 0 Å². The predicted octanol–water partition coefficient (Wildman–Crippen LogP) is 3.29. The molecule has 0 saturated carbocycles. The van der Waals surface area contributed by atoms with Crippen molar-refractivity contribution < 1.29 is 14.3 Å². The number of ether oxygens (including phenoxy) is 2. The van der Waals surface area contributed by atoms with E-state index in [2.05, 4.69) is 9.88 Å². The first-order valence-electron chi connectivity index (χ1n) is 7.82. The molecular formula is C17H17N3O3S2. The summed E-state index contributed by atoms with van der Waals surface area (Å²) in [6, 6.07) is 7.54. The average molecular weight is 375 g/mol. The van der Waals surface area contributed by atoms with Gasteiger partial charge in [-0.3, -0.25) is 9.69 Å². The summed E-state index contributed by atoms with van der Waals surface area (Å²) in [5.41, 5.74) is 0.818. The predicted molar refractivity (Wildman–Crippen MR) is 100 cm³/mol. The minimum atomic E-state index is -0.0176. The largest absolute Gasteiger partial charge is 0.454 e. The Balaban J connectivity index is 1.70. The van der Waals surface area contributed by atoms with Gasteiger partial charge in [0.05, 0.1) is 15.1 Å². The number of carbonyl (C=O) groups excluding carboxylic acids is 1. The molecule has 25 heavy (non-hydrogen) atoms. The van der Waals surface area contributed by atoms with Crippen LogP contribution in [-0.2, 0) is 0 Å². The van der Waals surface area contributed by atoms with Crippen LogP contribution < -0.4 is 14.4 Å². The number of anilines is 1. The Morgan fingerprint density at radius 2 is 2.04 bits per heavy atom. The van der Waals surface area contributed by atoms with E-state index in [1.807, 2.05) is 43.7 Å². The van der Waals surface area contributed by atoms with Crippen LogP contribution in [0.2, 0.25) is 0 Å². The zero-order valence-electron chi connectivity index (χ0n) is 13.9. The van der Waals surface area contributed by atoms with Crippen molar-refractivity contribution in [3.05, 3.63) is 34.5 Å². The standard InChI is InChI=1S/C17H17N3O3S2/c1-19(2)5-6-20(16(21)14-4-3-7-24-14)17-18-11-8-12-13(23-10-22-12)9-15(11)25-17/h3-4,7-9H,5-6,10H2,1-2H3. The van der Waals surface area contributed by atoms with Crippen molar-refractivity contribution in [2.24, 2.45) is 0 Å². The number of nitrogens with zero attached hydrogens (tertiary/aromatic N) is 3. The van der Waals surface area contributed by atoms with Crippen molar-refractivity contribution in [1.82, 2.24) is 9.88 Å². The van der Waals surface area contributed by atoms with Gasteiger partial charge in [-0.25, -0.2) is 4.98 Å². The Morgan fingerprint density at radius 1 is 1.24 bits per heavy atom. The number of rotatable bonds is 5. The minimum Gasteiger partial charge on any atom is -0.454 e. The van der Waals surface area contributed by atoms with Gasteiger partial charge in [-0.1, -0.05) is 17.4 Å². The highest BCUT2D eigenvalue weighted by atomic mass is 32.1. The third-order valence-electron chi connectivity index (χ3n) is 3.85. The molecule has 1 aliphatic heterocycles. The van der Waals surface area contributed by atoms with Crippen molar-refractivity contribution >= 4 is 43.9 Å². The molecule has 0 fully saturated rings. The SMILES string of the molecule is CN(C)CCN(C(=O)c1cccs1)c1nc2cc3c(cc2s1)OCO3. The number of likely N-dealkylation sites (N-methyl/N-ethyl adjacent to an activating group) is 1. The van der Waals surface area contributed by atoms with E-state index in [4.69, 9.17) is 9.47 Å². The van der Waals surface area contributed by atoms with Crippen molar-refractivity contribution in [2.75, 3.05) is 38.9 Å². The van der Waals surface area contributed by atoms with E-state index in [1.165, 1.54) is 22.7 Å². The lowest BCUT2D eigenvalue weighted by molar-refractivity contribution is 0.0989. The third kappa shape index (κ3) is 3.20. The van der Waals surface area contributed by atoms with Crippen LogP contribution in [0.3, 0.4) is 0 Å². The van der Waals surface area contributed by atoms with Crippen LogP contribution in [-0.4, -0.2) is 49.8 Å². The zero-order valence-corrected chi connectivity index (χ0v) is 15.5. The van der Waals surface area contributed by atoms with Gasteiger partial charge in [0.25, 0.3) is 5.91 Å². The number of aromatic nitrogens is 1. The minimum absolute atomic E-state index is 0.0176. The lowest BCUT2D eigenvalue weighted by Crippen LogP contribution is -2.36. The van der Waals surface area contributed by atoms with Gasteiger partial charge in [-0.2, -0.15) is 0 Å². The van der Waals surface area contributed by atoms with Crippen LogP contribution in [0, 0.1) is 0 Å². The number of amides is 1. The van der Waals surface area contributed by atoms with Gasteiger partial charge in [0.1, 0.15) is 0 Å². The van der Waals surface area contributed by atoms with E-state index in [1.54, 1.807) is 4.90 Å². The fraction of sp³-hybridized carbons (Fsp3) is 0.294.